The van der Waals surface area contributed by atoms with Crippen molar-refractivity contribution in [1.82, 2.24) is 0 Å². The third-order valence-electron chi connectivity index (χ3n) is 3.13. The molecule has 0 bridgehead atoms. The minimum atomic E-state index is -3.62. The average Bonchev–Trinajstić information content (AvgIpc) is 2.28. The second-order valence-corrected chi connectivity index (χ2v) is 6.24. The summed E-state index contributed by atoms with van der Waals surface area (Å²) in [7, 11) is -3.62. The minimum Gasteiger partial charge on any atom is -0.377 e. The van der Waals surface area contributed by atoms with Gasteiger partial charge in [0.05, 0.1) is 18.1 Å². The summed E-state index contributed by atoms with van der Waals surface area (Å²) in [5.74, 6) is 0. The zero-order valence-electron chi connectivity index (χ0n) is 10.5. The van der Waals surface area contributed by atoms with E-state index in [9.17, 15) is 8.42 Å². The predicted octanol–water partition coefficient (Wildman–Crippen LogP) is 0.948. The van der Waals surface area contributed by atoms with Crippen molar-refractivity contribution in [3.63, 3.8) is 0 Å². The van der Waals surface area contributed by atoms with E-state index in [0.29, 0.717) is 13.2 Å². The van der Waals surface area contributed by atoms with Gasteiger partial charge in [-0.2, -0.15) is 0 Å². The molecule has 0 unspecified atom stereocenters. The van der Waals surface area contributed by atoms with Crippen LogP contribution in [0, 0.1) is 0 Å². The SMILES string of the molecule is C[C@@H]1COC[C@H](C)N1c1ccc(S(N)(=O)=O)cc1. The van der Waals surface area contributed by atoms with Gasteiger partial charge in [0.1, 0.15) is 0 Å². The van der Waals surface area contributed by atoms with Gasteiger partial charge < -0.3 is 9.64 Å². The van der Waals surface area contributed by atoms with E-state index in [2.05, 4.69) is 18.7 Å². The maximum absolute atomic E-state index is 11.2. The molecule has 0 spiro atoms. The van der Waals surface area contributed by atoms with Crippen molar-refractivity contribution in [3.05, 3.63) is 24.3 Å². The second-order valence-electron chi connectivity index (χ2n) is 4.68. The first-order valence-corrected chi connectivity index (χ1v) is 7.43. The van der Waals surface area contributed by atoms with Crippen molar-refractivity contribution >= 4 is 15.7 Å². The average molecular weight is 270 g/mol. The third kappa shape index (κ3) is 2.66. The van der Waals surface area contributed by atoms with Gasteiger partial charge in [0.25, 0.3) is 0 Å². The second kappa shape index (κ2) is 4.87. The highest BCUT2D eigenvalue weighted by molar-refractivity contribution is 7.89. The van der Waals surface area contributed by atoms with Crippen molar-refractivity contribution in [1.29, 1.82) is 0 Å². The molecule has 1 aliphatic heterocycles. The van der Waals surface area contributed by atoms with Crippen LogP contribution in [0.4, 0.5) is 5.69 Å². The molecule has 1 fully saturated rings. The summed E-state index contributed by atoms with van der Waals surface area (Å²) in [6, 6.07) is 7.21. The number of morpholine rings is 1. The van der Waals surface area contributed by atoms with Crippen LogP contribution in [0.1, 0.15) is 13.8 Å². The highest BCUT2D eigenvalue weighted by Gasteiger charge is 2.25. The molecule has 0 saturated carbocycles. The lowest BCUT2D eigenvalue weighted by molar-refractivity contribution is 0.0757. The molecule has 1 aliphatic rings. The number of anilines is 1. The van der Waals surface area contributed by atoms with Crippen molar-refractivity contribution in [3.8, 4) is 0 Å². The van der Waals surface area contributed by atoms with Crippen LogP contribution in [0.3, 0.4) is 0 Å². The number of sulfonamides is 1. The first-order valence-electron chi connectivity index (χ1n) is 5.88. The Morgan fingerprint density at radius 3 is 2.11 bits per heavy atom. The molecule has 0 aliphatic carbocycles. The van der Waals surface area contributed by atoms with E-state index in [0.717, 1.165) is 5.69 Å². The smallest absolute Gasteiger partial charge is 0.238 e. The predicted molar refractivity (Wildman–Crippen MR) is 70.0 cm³/mol. The molecule has 1 aromatic rings. The van der Waals surface area contributed by atoms with Crippen molar-refractivity contribution < 1.29 is 13.2 Å². The summed E-state index contributed by atoms with van der Waals surface area (Å²) in [6.45, 7) is 5.54. The van der Waals surface area contributed by atoms with Crippen LogP contribution in [-0.2, 0) is 14.8 Å². The molecule has 1 heterocycles. The van der Waals surface area contributed by atoms with Crippen LogP contribution >= 0.6 is 0 Å². The van der Waals surface area contributed by atoms with Crippen molar-refractivity contribution in [2.24, 2.45) is 5.14 Å². The molecular weight excluding hydrogens is 252 g/mol. The molecule has 0 amide bonds. The zero-order chi connectivity index (χ0) is 13.3. The third-order valence-corrected chi connectivity index (χ3v) is 4.06. The van der Waals surface area contributed by atoms with Crippen LogP contribution in [0.25, 0.3) is 0 Å². The van der Waals surface area contributed by atoms with Crippen LogP contribution in [0.5, 0.6) is 0 Å². The largest absolute Gasteiger partial charge is 0.377 e. The van der Waals surface area contributed by atoms with Crippen molar-refractivity contribution in [2.45, 2.75) is 30.8 Å². The van der Waals surface area contributed by atoms with Gasteiger partial charge in [-0.05, 0) is 38.1 Å². The van der Waals surface area contributed by atoms with E-state index in [1.54, 1.807) is 24.3 Å². The zero-order valence-corrected chi connectivity index (χ0v) is 11.4. The summed E-state index contributed by atoms with van der Waals surface area (Å²) in [6.07, 6.45) is 0. The molecule has 0 aromatic heterocycles. The normalized spacial score (nSPS) is 25.2. The van der Waals surface area contributed by atoms with E-state index in [-0.39, 0.29) is 17.0 Å². The number of primary sulfonamides is 1. The van der Waals surface area contributed by atoms with Crippen LogP contribution in [-0.4, -0.2) is 33.7 Å². The van der Waals surface area contributed by atoms with Crippen LogP contribution < -0.4 is 10.0 Å². The Morgan fingerprint density at radius 2 is 1.67 bits per heavy atom. The number of rotatable bonds is 2. The summed E-state index contributed by atoms with van der Waals surface area (Å²) < 4.78 is 27.9. The Bertz CT molecular complexity index is 503. The summed E-state index contributed by atoms with van der Waals surface area (Å²) in [5, 5.41) is 5.08. The van der Waals surface area contributed by atoms with Gasteiger partial charge >= 0.3 is 0 Å². The first kappa shape index (κ1) is 13.3. The number of nitrogens with zero attached hydrogens (tertiary/aromatic N) is 1. The molecule has 2 rings (SSSR count). The summed E-state index contributed by atoms with van der Waals surface area (Å²) in [4.78, 5) is 2.37. The first-order chi connectivity index (χ1) is 8.39. The Balaban J connectivity index is 2.28. The number of ether oxygens (including phenoxy) is 1. The van der Waals surface area contributed by atoms with Crippen molar-refractivity contribution in [2.75, 3.05) is 18.1 Å². The molecule has 18 heavy (non-hydrogen) atoms. The molecule has 2 N–H and O–H groups in total. The molecular formula is C12H18N2O3S. The quantitative estimate of drug-likeness (QED) is 0.868. The fraction of sp³-hybridized carbons (Fsp3) is 0.500. The minimum absolute atomic E-state index is 0.139. The maximum Gasteiger partial charge on any atom is 0.238 e. The van der Waals surface area contributed by atoms with Crippen LogP contribution in [0.2, 0.25) is 0 Å². The lowest BCUT2D eigenvalue weighted by Crippen LogP contribution is -2.49. The molecule has 0 radical (unpaired) electrons. The van der Waals surface area contributed by atoms with E-state index < -0.39 is 10.0 Å². The monoisotopic (exact) mass is 270 g/mol. The lowest BCUT2D eigenvalue weighted by atomic mass is 10.1. The highest BCUT2D eigenvalue weighted by atomic mass is 32.2. The van der Waals surface area contributed by atoms with Crippen LogP contribution in [0.15, 0.2) is 29.2 Å². The fourth-order valence-corrected chi connectivity index (χ4v) is 2.84. The molecule has 1 saturated heterocycles. The number of hydrogen-bond donors (Lipinski definition) is 1. The summed E-state index contributed by atoms with van der Waals surface area (Å²) in [5.41, 5.74) is 0.991. The molecule has 100 valence electrons. The Hall–Kier alpha value is -1.11. The van der Waals surface area contributed by atoms with E-state index in [1.807, 2.05) is 0 Å². The Labute approximate surface area is 108 Å². The molecule has 6 heteroatoms. The fourth-order valence-electron chi connectivity index (χ4n) is 2.32. The van der Waals surface area contributed by atoms with Gasteiger partial charge in [-0.15, -0.1) is 0 Å². The Kier molecular flexibility index (Phi) is 3.61. The molecule has 5 nitrogen and oxygen atoms in total. The number of hydrogen-bond acceptors (Lipinski definition) is 4. The van der Waals surface area contributed by atoms with Gasteiger partial charge in [-0.3, -0.25) is 0 Å². The lowest BCUT2D eigenvalue weighted by Gasteiger charge is -2.40. The number of nitrogens with two attached hydrogens (primary N) is 1. The number of benzene rings is 1. The van der Waals surface area contributed by atoms with Gasteiger partial charge in [-0.25, -0.2) is 13.6 Å². The molecule has 1 aromatic carbocycles. The van der Waals surface area contributed by atoms with Gasteiger partial charge in [-0.1, -0.05) is 0 Å². The summed E-state index contributed by atoms with van der Waals surface area (Å²) >= 11 is 0. The molecule has 2 atom stereocenters. The Morgan fingerprint density at radius 1 is 1.17 bits per heavy atom. The van der Waals surface area contributed by atoms with Gasteiger partial charge in [0.15, 0.2) is 0 Å². The van der Waals surface area contributed by atoms with E-state index in [1.165, 1.54) is 0 Å². The van der Waals surface area contributed by atoms with Gasteiger partial charge in [0, 0.05) is 17.8 Å². The topological polar surface area (TPSA) is 72.6 Å². The van der Waals surface area contributed by atoms with E-state index >= 15 is 0 Å². The maximum atomic E-state index is 11.2. The highest BCUT2D eigenvalue weighted by Crippen LogP contribution is 2.24. The van der Waals surface area contributed by atoms with Gasteiger partial charge in [0.2, 0.25) is 10.0 Å². The standard InChI is InChI=1S/C12H18N2O3S/c1-9-7-17-8-10(2)14(9)11-3-5-12(6-4-11)18(13,15)16/h3-6,9-10H,7-8H2,1-2H3,(H2,13,15,16)/t9-,10+. The van der Waals surface area contributed by atoms with E-state index in [4.69, 9.17) is 9.88 Å².